The Hall–Kier alpha value is -1.62. The molecule has 1 saturated carbocycles. The zero-order chi connectivity index (χ0) is 16.9. The Bertz CT molecular complexity index is 536. The Balaban J connectivity index is 1.45. The number of carbonyl (C=O) groups is 1. The van der Waals surface area contributed by atoms with Gasteiger partial charge in [0.1, 0.15) is 5.82 Å². The highest BCUT2D eigenvalue weighted by molar-refractivity contribution is 5.74. The highest BCUT2D eigenvalue weighted by Crippen LogP contribution is 2.28. The van der Waals surface area contributed by atoms with Crippen LogP contribution in [0.2, 0.25) is 0 Å². The van der Waals surface area contributed by atoms with Crippen LogP contribution in [-0.4, -0.2) is 48.1 Å². The number of amides is 2. The lowest BCUT2D eigenvalue weighted by Crippen LogP contribution is -2.44. The molecule has 1 N–H and O–H groups in total. The first kappa shape index (κ1) is 17.2. The fourth-order valence-electron chi connectivity index (χ4n) is 3.25. The van der Waals surface area contributed by atoms with Crippen molar-refractivity contribution in [1.29, 1.82) is 0 Å². The molecule has 0 atom stereocenters. The molecular weight excluding hydrogens is 305 g/mol. The molecule has 1 saturated heterocycles. The van der Waals surface area contributed by atoms with Gasteiger partial charge in [-0.05, 0) is 62.4 Å². The molecule has 2 amide bonds. The van der Waals surface area contributed by atoms with E-state index in [9.17, 15) is 9.18 Å². The lowest BCUT2D eigenvalue weighted by Gasteiger charge is -2.30. The molecule has 1 heterocycles. The predicted octanol–water partition coefficient (Wildman–Crippen LogP) is 3.23. The summed E-state index contributed by atoms with van der Waals surface area (Å²) in [4.78, 5) is 16.8. The van der Waals surface area contributed by atoms with Crippen molar-refractivity contribution in [1.82, 2.24) is 15.1 Å². The summed E-state index contributed by atoms with van der Waals surface area (Å²) in [6.07, 6.45) is 4.65. The molecule has 1 aliphatic carbocycles. The summed E-state index contributed by atoms with van der Waals surface area (Å²) in [5.41, 5.74) is 0.975. The van der Waals surface area contributed by atoms with Crippen molar-refractivity contribution in [2.24, 2.45) is 5.92 Å². The van der Waals surface area contributed by atoms with Gasteiger partial charge < -0.3 is 15.1 Å². The maximum atomic E-state index is 13.0. The molecule has 0 radical (unpaired) electrons. The zero-order valence-electron chi connectivity index (χ0n) is 14.5. The summed E-state index contributed by atoms with van der Waals surface area (Å²) in [7, 11) is 0. The van der Waals surface area contributed by atoms with E-state index in [0.717, 1.165) is 44.0 Å². The summed E-state index contributed by atoms with van der Waals surface area (Å²) >= 11 is 0. The quantitative estimate of drug-likeness (QED) is 0.867. The molecule has 2 aliphatic rings. The van der Waals surface area contributed by atoms with Crippen molar-refractivity contribution in [3.63, 3.8) is 0 Å². The number of benzene rings is 1. The van der Waals surface area contributed by atoms with Gasteiger partial charge in [0, 0.05) is 25.7 Å². The number of hydrogen-bond donors (Lipinski definition) is 1. The van der Waals surface area contributed by atoms with Gasteiger partial charge in [-0.3, -0.25) is 0 Å². The van der Waals surface area contributed by atoms with Crippen LogP contribution in [-0.2, 0) is 6.54 Å². The first-order valence-electron chi connectivity index (χ1n) is 9.13. The van der Waals surface area contributed by atoms with Crippen molar-refractivity contribution >= 4 is 6.03 Å². The second kappa shape index (κ2) is 7.97. The van der Waals surface area contributed by atoms with Gasteiger partial charge >= 0.3 is 6.03 Å². The molecule has 1 aromatic carbocycles. The van der Waals surface area contributed by atoms with Crippen molar-refractivity contribution in [2.75, 3.05) is 26.2 Å². The van der Waals surface area contributed by atoms with Gasteiger partial charge in [0.15, 0.2) is 0 Å². The van der Waals surface area contributed by atoms with E-state index in [0.29, 0.717) is 19.1 Å². The highest BCUT2D eigenvalue weighted by atomic mass is 19.1. The van der Waals surface area contributed by atoms with Crippen LogP contribution in [0.25, 0.3) is 0 Å². The van der Waals surface area contributed by atoms with E-state index in [1.807, 2.05) is 4.90 Å². The Kier molecular flexibility index (Phi) is 5.72. The lowest BCUT2D eigenvalue weighted by atomic mass is 9.99. The van der Waals surface area contributed by atoms with Crippen LogP contribution >= 0.6 is 0 Å². The van der Waals surface area contributed by atoms with E-state index in [1.54, 1.807) is 12.1 Å². The molecule has 0 aromatic heterocycles. The third-order valence-electron chi connectivity index (χ3n) is 5.10. The van der Waals surface area contributed by atoms with Crippen LogP contribution in [0.15, 0.2) is 24.3 Å². The number of likely N-dealkylation sites (tertiary alicyclic amines) is 1. The fraction of sp³-hybridized carbons (Fsp3) is 0.632. The van der Waals surface area contributed by atoms with E-state index < -0.39 is 0 Å². The number of carbonyl (C=O) groups excluding carboxylic acids is 1. The minimum atomic E-state index is -0.239. The van der Waals surface area contributed by atoms with Crippen LogP contribution in [0.4, 0.5) is 9.18 Å². The second-order valence-corrected chi connectivity index (χ2v) is 7.24. The standard InChI is InChI=1S/C19H28FN3O/c1-15-8-11-22(12-9-15)13-10-21-19(24)23(18-6-7-18)14-16-2-4-17(20)5-3-16/h2-5,15,18H,6-14H2,1H3,(H,21,24). The number of hydrogen-bond acceptors (Lipinski definition) is 2. The van der Waals surface area contributed by atoms with Crippen LogP contribution in [0.5, 0.6) is 0 Å². The SMILES string of the molecule is CC1CCN(CCNC(=O)N(Cc2ccc(F)cc2)C2CC2)CC1. The Morgan fingerprint density at radius 1 is 1.21 bits per heavy atom. The minimum Gasteiger partial charge on any atom is -0.337 e. The molecule has 5 heteroatoms. The van der Waals surface area contributed by atoms with Crippen molar-refractivity contribution in [3.05, 3.63) is 35.6 Å². The summed E-state index contributed by atoms with van der Waals surface area (Å²) in [6.45, 7) is 6.76. The van der Waals surface area contributed by atoms with Gasteiger partial charge in [-0.25, -0.2) is 9.18 Å². The third kappa shape index (κ3) is 4.94. The van der Waals surface area contributed by atoms with Crippen molar-refractivity contribution in [2.45, 2.75) is 45.2 Å². The largest absolute Gasteiger partial charge is 0.337 e. The van der Waals surface area contributed by atoms with Gasteiger partial charge in [0.05, 0.1) is 0 Å². The monoisotopic (exact) mass is 333 g/mol. The van der Waals surface area contributed by atoms with Gasteiger partial charge in [0.25, 0.3) is 0 Å². The Morgan fingerprint density at radius 2 is 1.88 bits per heavy atom. The van der Waals surface area contributed by atoms with Gasteiger partial charge in [-0.15, -0.1) is 0 Å². The first-order chi connectivity index (χ1) is 11.6. The summed E-state index contributed by atoms with van der Waals surface area (Å²) in [6, 6.07) is 6.77. The molecule has 0 unspecified atom stereocenters. The molecule has 0 spiro atoms. The van der Waals surface area contributed by atoms with Crippen LogP contribution in [0.1, 0.15) is 38.2 Å². The summed E-state index contributed by atoms with van der Waals surface area (Å²) < 4.78 is 13.0. The highest BCUT2D eigenvalue weighted by Gasteiger charge is 2.32. The predicted molar refractivity (Wildman–Crippen MR) is 93.2 cm³/mol. The normalized spacial score (nSPS) is 19.2. The Morgan fingerprint density at radius 3 is 2.50 bits per heavy atom. The average molecular weight is 333 g/mol. The van der Waals surface area contributed by atoms with E-state index in [-0.39, 0.29) is 11.8 Å². The minimum absolute atomic E-state index is 0.00667. The molecule has 132 valence electrons. The lowest BCUT2D eigenvalue weighted by molar-refractivity contribution is 0.178. The molecule has 0 bridgehead atoms. The van der Waals surface area contributed by atoms with E-state index in [1.165, 1.54) is 25.0 Å². The van der Waals surface area contributed by atoms with E-state index >= 15 is 0 Å². The molecule has 3 rings (SSSR count). The maximum absolute atomic E-state index is 13.0. The molecule has 1 aliphatic heterocycles. The number of rotatable bonds is 6. The van der Waals surface area contributed by atoms with Crippen LogP contribution in [0, 0.1) is 11.7 Å². The Labute approximate surface area is 144 Å². The van der Waals surface area contributed by atoms with Crippen LogP contribution < -0.4 is 5.32 Å². The molecular formula is C19H28FN3O. The van der Waals surface area contributed by atoms with E-state index in [4.69, 9.17) is 0 Å². The first-order valence-corrected chi connectivity index (χ1v) is 9.13. The maximum Gasteiger partial charge on any atom is 0.317 e. The molecule has 2 fully saturated rings. The fourth-order valence-corrected chi connectivity index (χ4v) is 3.25. The topological polar surface area (TPSA) is 35.6 Å². The number of nitrogens with zero attached hydrogens (tertiary/aromatic N) is 2. The zero-order valence-corrected chi connectivity index (χ0v) is 14.5. The molecule has 1 aromatic rings. The van der Waals surface area contributed by atoms with Crippen molar-refractivity contribution in [3.8, 4) is 0 Å². The molecule has 24 heavy (non-hydrogen) atoms. The molecule has 4 nitrogen and oxygen atoms in total. The van der Waals surface area contributed by atoms with Gasteiger partial charge in [-0.1, -0.05) is 19.1 Å². The van der Waals surface area contributed by atoms with Gasteiger partial charge in [0.2, 0.25) is 0 Å². The van der Waals surface area contributed by atoms with Crippen LogP contribution in [0.3, 0.4) is 0 Å². The summed E-state index contributed by atoms with van der Waals surface area (Å²) in [5, 5.41) is 3.07. The average Bonchev–Trinajstić information content (AvgIpc) is 3.41. The number of halogens is 1. The third-order valence-corrected chi connectivity index (χ3v) is 5.10. The summed E-state index contributed by atoms with van der Waals surface area (Å²) in [5.74, 6) is 0.592. The second-order valence-electron chi connectivity index (χ2n) is 7.24. The number of urea groups is 1. The van der Waals surface area contributed by atoms with Gasteiger partial charge in [-0.2, -0.15) is 0 Å². The number of piperidine rings is 1. The smallest absolute Gasteiger partial charge is 0.317 e. The number of nitrogens with one attached hydrogen (secondary N) is 1. The van der Waals surface area contributed by atoms with E-state index in [2.05, 4.69) is 17.1 Å². The van der Waals surface area contributed by atoms with Crippen molar-refractivity contribution < 1.29 is 9.18 Å².